The fourth-order valence-electron chi connectivity index (χ4n) is 2.71. The van der Waals surface area contributed by atoms with Crippen LogP contribution in [0.3, 0.4) is 0 Å². The van der Waals surface area contributed by atoms with E-state index >= 15 is 0 Å². The van der Waals surface area contributed by atoms with Crippen molar-refractivity contribution in [1.82, 2.24) is 10.6 Å². The molecule has 0 aromatic heterocycles. The summed E-state index contributed by atoms with van der Waals surface area (Å²) in [5.41, 5.74) is 3.32. The van der Waals surface area contributed by atoms with Crippen LogP contribution in [0.5, 0.6) is 0 Å². The molecule has 0 bridgehead atoms. The van der Waals surface area contributed by atoms with E-state index in [1.54, 1.807) is 7.05 Å². The van der Waals surface area contributed by atoms with Crippen molar-refractivity contribution in [2.45, 2.75) is 39.2 Å². The van der Waals surface area contributed by atoms with E-state index in [1.165, 1.54) is 5.56 Å². The number of carbonyl (C=O) groups is 1. The molecular formula is C22H30N4O. The molecule has 0 saturated carbocycles. The van der Waals surface area contributed by atoms with E-state index in [4.69, 9.17) is 0 Å². The van der Waals surface area contributed by atoms with Crippen molar-refractivity contribution in [3.63, 3.8) is 0 Å². The normalized spacial score (nSPS) is 11.1. The van der Waals surface area contributed by atoms with Gasteiger partial charge in [0.05, 0.1) is 0 Å². The smallest absolute Gasteiger partial charge is 0.224 e. The van der Waals surface area contributed by atoms with Gasteiger partial charge in [-0.25, -0.2) is 0 Å². The number of carbonyl (C=O) groups excluding carboxylic acids is 1. The fourth-order valence-corrected chi connectivity index (χ4v) is 2.71. The minimum Gasteiger partial charge on any atom is -0.356 e. The molecule has 0 aliphatic carbocycles. The Morgan fingerprint density at radius 3 is 2.37 bits per heavy atom. The van der Waals surface area contributed by atoms with Gasteiger partial charge in [-0.3, -0.25) is 9.79 Å². The van der Waals surface area contributed by atoms with Crippen LogP contribution in [0, 0.1) is 0 Å². The number of benzene rings is 2. The van der Waals surface area contributed by atoms with Crippen LogP contribution in [0.25, 0.3) is 0 Å². The third kappa shape index (κ3) is 7.94. The third-order valence-corrected chi connectivity index (χ3v) is 4.18. The number of hydrogen-bond acceptors (Lipinski definition) is 2. The van der Waals surface area contributed by atoms with Gasteiger partial charge in [-0.2, -0.15) is 0 Å². The van der Waals surface area contributed by atoms with Gasteiger partial charge in [-0.15, -0.1) is 0 Å². The zero-order valence-corrected chi connectivity index (χ0v) is 16.3. The molecule has 27 heavy (non-hydrogen) atoms. The van der Waals surface area contributed by atoms with E-state index in [0.29, 0.717) is 13.0 Å². The molecule has 144 valence electrons. The van der Waals surface area contributed by atoms with Crippen LogP contribution in [0.15, 0.2) is 59.6 Å². The highest BCUT2D eigenvalue weighted by Gasteiger charge is 2.02. The van der Waals surface area contributed by atoms with Crippen LogP contribution in [0.4, 0.5) is 5.69 Å². The lowest BCUT2D eigenvalue weighted by Gasteiger charge is -2.12. The molecule has 0 unspecified atom stereocenters. The lowest BCUT2D eigenvalue weighted by atomic mass is 10.1. The Labute approximate surface area is 162 Å². The summed E-state index contributed by atoms with van der Waals surface area (Å²) in [5.74, 6) is 0.854. The van der Waals surface area contributed by atoms with Gasteiger partial charge in [0, 0.05) is 32.2 Å². The van der Waals surface area contributed by atoms with Gasteiger partial charge >= 0.3 is 0 Å². The molecule has 1 amide bonds. The Hall–Kier alpha value is -2.82. The van der Waals surface area contributed by atoms with Gasteiger partial charge in [0.2, 0.25) is 5.91 Å². The highest BCUT2D eigenvalue weighted by Crippen LogP contribution is 2.10. The maximum absolute atomic E-state index is 11.6. The number of rotatable bonds is 9. The maximum atomic E-state index is 11.6. The van der Waals surface area contributed by atoms with Crippen LogP contribution in [-0.2, 0) is 17.8 Å². The average molecular weight is 367 g/mol. The molecule has 5 nitrogen and oxygen atoms in total. The first-order chi connectivity index (χ1) is 13.2. The molecule has 0 aliphatic rings. The standard InChI is InChI=1S/C22H30N4O/c1-3-8-21(27)26-20-14-12-19(13-15-20)17-25-22(23-2)24-16-7-11-18-9-5-4-6-10-18/h4-6,9-10,12-15H,3,7-8,11,16-17H2,1-2H3,(H,26,27)(H2,23,24,25). The number of nitrogens with zero attached hydrogens (tertiary/aromatic N) is 1. The second kappa shape index (κ2) is 11.7. The Bertz CT molecular complexity index is 711. The van der Waals surface area contributed by atoms with Crippen LogP contribution in [0.1, 0.15) is 37.3 Å². The Balaban J connectivity index is 1.69. The van der Waals surface area contributed by atoms with E-state index in [1.807, 2.05) is 37.3 Å². The first kappa shape index (κ1) is 20.5. The number of aliphatic imine (C=N–C) groups is 1. The summed E-state index contributed by atoms with van der Waals surface area (Å²) in [5, 5.41) is 9.56. The number of nitrogens with one attached hydrogen (secondary N) is 3. The lowest BCUT2D eigenvalue weighted by molar-refractivity contribution is -0.116. The maximum Gasteiger partial charge on any atom is 0.224 e. The van der Waals surface area contributed by atoms with Gasteiger partial charge in [-0.05, 0) is 42.5 Å². The Morgan fingerprint density at radius 1 is 0.963 bits per heavy atom. The first-order valence-electron chi connectivity index (χ1n) is 9.58. The minimum absolute atomic E-state index is 0.0588. The second-order valence-electron chi connectivity index (χ2n) is 6.44. The molecule has 0 aliphatic heterocycles. The predicted molar refractivity (Wildman–Crippen MR) is 113 cm³/mol. The van der Waals surface area contributed by atoms with Crippen LogP contribution in [0.2, 0.25) is 0 Å². The van der Waals surface area contributed by atoms with Crippen molar-refractivity contribution in [3.05, 3.63) is 65.7 Å². The zero-order valence-electron chi connectivity index (χ0n) is 16.3. The van der Waals surface area contributed by atoms with Crippen LogP contribution in [-0.4, -0.2) is 25.5 Å². The monoisotopic (exact) mass is 366 g/mol. The van der Waals surface area contributed by atoms with Crippen molar-refractivity contribution in [3.8, 4) is 0 Å². The van der Waals surface area contributed by atoms with Crippen LogP contribution < -0.4 is 16.0 Å². The molecule has 2 rings (SSSR count). The highest BCUT2D eigenvalue weighted by atomic mass is 16.1. The molecule has 0 fully saturated rings. The summed E-state index contributed by atoms with van der Waals surface area (Å²) < 4.78 is 0. The highest BCUT2D eigenvalue weighted by molar-refractivity contribution is 5.90. The van der Waals surface area contributed by atoms with Gasteiger partial charge in [0.15, 0.2) is 5.96 Å². The van der Waals surface area contributed by atoms with Crippen molar-refractivity contribution >= 4 is 17.6 Å². The SMILES string of the molecule is CCCC(=O)Nc1ccc(CNC(=NC)NCCCc2ccccc2)cc1. The van der Waals surface area contributed by atoms with E-state index in [9.17, 15) is 4.79 Å². The quantitative estimate of drug-likeness (QED) is 0.360. The molecule has 2 aromatic rings. The molecule has 3 N–H and O–H groups in total. The summed E-state index contributed by atoms with van der Waals surface area (Å²) in [6.07, 6.45) is 3.51. The summed E-state index contributed by atoms with van der Waals surface area (Å²) in [4.78, 5) is 15.9. The number of guanidine groups is 1. The van der Waals surface area contributed by atoms with Crippen molar-refractivity contribution < 1.29 is 4.79 Å². The molecule has 2 aromatic carbocycles. The summed E-state index contributed by atoms with van der Waals surface area (Å²) in [6.45, 7) is 3.55. The third-order valence-electron chi connectivity index (χ3n) is 4.18. The fraction of sp³-hybridized carbons (Fsp3) is 0.364. The first-order valence-corrected chi connectivity index (χ1v) is 9.58. The van der Waals surface area contributed by atoms with Crippen molar-refractivity contribution in [2.24, 2.45) is 4.99 Å². The molecule has 0 saturated heterocycles. The van der Waals surface area contributed by atoms with Crippen LogP contribution >= 0.6 is 0 Å². The average Bonchev–Trinajstić information content (AvgIpc) is 2.69. The van der Waals surface area contributed by atoms with Gasteiger partial charge < -0.3 is 16.0 Å². The number of amides is 1. The van der Waals surface area contributed by atoms with Gasteiger partial charge in [0.25, 0.3) is 0 Å². The van der Waals surface area contributed by atoms with E-state index in [2.05, 4.69) is 45.2 Å². The zero-order chi connectivity index (χ0) is 19.3. The van der Waals surface area contributed by atoms with E-state index in [-0.39, 0.29) is 5.91 Å². The molecular weight excluding hydrogens is 336 g/mol. The molecule has 5 heteroatoms. The van der Waals surface area contributed by atoms with Gasteiger partial charge in [-0.1, -0.05) is 49.4 Å². The largest absolute Gasteiger partial charge is 0.356 e. The minimum atomic E-state index is 0.0588. The summed E-state index contributed by atoms with van der Waals surface area (Å²) in [7, 11) is 1.78. The lowest BCUT2D eigenvalue weighted by Crippen LogP contribution is -2.37. The Kier molecular flexibility index (Phi) is 8.90. The number of hydrogen-bond donors (Lipinski definition) is 3. The Morgan fingerprint density at radius 2 is 1.70 bits per heavy atom. The van der Waals surface area contributed by atoms with E-state index in [0.717, 1.165) is 43.0 Å². The number of anilines is 1. The summed E-state index contributed by atoms with van der Waals surface area (Å²) in [6, 6.07) is 18.4. The molecule has 0 atom stereocenters. The molecule has 0 spiro atoms. The predicted octanol–water partition coefficient (Wildman–Crippen LogP) is 3.72. The molecule has 0 heterocycles. The number of aryl methyl sites for hydroxylation is 1. The van der Waals surface area contributed by atoms with E-state index < -0.39 is 0 Å². The van der Waals surface area contributed by atoms with Crippen molar-refractivity contribution in [1.29, 1.82) is 0 Å². The molecule has 0 radical (unpaired) electrons. The summed E-state index contributed by atoms with van der Waals surface area (Å²) >= 11 is 0. The topological polar surface area (TPSA) is 65.5 Å². The van der Waals surface area contributed by atoms with Crippen molar-refractivity contribution in [2.75, 3.05) is 18.9 Å². The van der Waals surface area contributed by atoms with Gasteiger partial charge in [0.1, 0.15) is 0 Å². The second-order valence-corrected chi connectivity index (χ2v) is 6.44.